The smallest absolute Gasteiger partial charge is 0.141 e. The summed E-state index contributed by atoms with van der Waals surface area (Å²) < 4.78 is 13.0. The Morgan fingerprint density at radius 3 is 2.71 bits per heavy atom. The van der Waals surface area contributed by atoms with Crippen LogP contribution in [-0.2, 0) is 0 Å². The molecule has 0 spiro atoms. The van der Waals surface area contributed by atoms with Crippen LogP contribution in [0.2, 0.25) is 0 Å². The lowest BCUT2D eigenvalue weighted by atomic mass is 9.97. The fourth-order valence-electron chi connectivity index (χ4n) is 3.05. The Balaban J connectivity index is 1.96. The van der Waals surface area contributed by atoms with Gasteiger partial charge >= 0.3 is 0 Å². The van der Waals surface area contributed by atoms with Crippen molar-refractivity contribution >= 4 is 0 Å². The van der Waals surface area contributed by atoms with E-state index in [1.165, 1.54) is 38.1 Å². The van der Waals surface area contributed by atoms with E-state index in [1.54, 1.807) is 6.07 Å². The molecule has 1 fully saturated rings. The SMILES string of the molecule is CCCN(CC1CC1)CC(C)C(NC)c1ccc(F)cn1. The second-order valence-electron chi connectivity index (χ2n) is 6.35. The first kappa shape index (κ1) is 16.4. The number of rotatable bonds is 9. The van der Waals surface area contributed by atoms with Crippen molar-refractivity contribution in [3.05, 3.63) is 29.8 Å². The molecular weight excluding hydrogens is 265 g/mol. The average molecular weight is 293 g/mol. The third kappa shape index (κ3) is 5.04. The number of aromatic nitrogens is 1. The van der Waals surface area contributed by atoms with Crippen LogP contribution in [0.4, 0.5) is 4.39 Å². The molecule has 118 valence electrons. The fraction of sp³-hybridized carbons (Fsp3) is 0.706. The van der Waals surface area contributed by atoms with E-state index in [1.807, 2.05) is 7.05 Å². The van der Waals surface area contributed by atoms with Gasteiger partial charge in [-0.05, 0) is 56.8 Å². The van der Waals surface area contributed by atoms with Crippen LogP contribution in [0.15, 0.2) is 18.3 Å². The highest BCUT2D eigenvalue weighted by Crippen LogP contribution is 2.30. The van der Waals surface area contributed by atoms with Crippen LogP contribution in [0.25, 0.3) is 0 Å². The monoisotopic (exact) mass is 293 g/mol. The Morgan fingerprint density at radius 2 is 2.19 bits per heavy atom. The molecule has 1 heterocycles. The second kappa shape index (κ2) is 7.85. The molecule has 1 aromatic rings. The largest absolute Gasteiger partial charge is 0.311 e. The summed E-state index contributed by atoms with van der Waals surface area (Å²) >= 11 is 0. The van der Waals surface area contributed by atoms with Crippen LogP contribution in [0.1, 0.15) is 44.8 Å². The van der Waals surface area contributed by atoms with Crippen molar-refractivity contribution in [3.8, 4) is 0 Å². The van der Waals surface area contributed by atoms with E-state index in [0.717, 1.165) is 24.7 Å². The Kier molecular flexibility index (Phi) is 6.12. The zero-order chi connectivity index (χ0) is 15.2. The summed E-state index contributed by atoms with van der Waals surface area (Å²) in [4.78, 5) is 6.82. The van der Waals surface area contributed by atoms with Gasteiger partial charge in [0, 0.05) is 13.1 Å². The summed E-state index contributed by atoms with van der Waals surface area (Å²) in [7, 11) is 1.96. The van der Waals surface area contributed by atoms with Crippen LogP contribution >= 0.6 is 0 Å². The molecule has 1 aliphatic rings. The number of pyridine rings is 1. The molecule has 0 aromatic carbocycles. The van der Waals surface area contributed by atoms with Crippen LogP contribution in [0.3, 0.4) is 0 Å². The first-order valence-electron chi connectivity index (χ1n) is 8.15. The van der Waals surface area contributed by atoms with Gasteiger partial charge in [-0.3, -0.25) is 4.98 Å². The van der Waals surface area contributed by atoms with Crippen LogP contribution in [0.5, 0.6) is 0 Å². The van der Waals surface area contributed by atoms with Crippen molar-refractivity contribution in [2.24, 2.45) is 11.8 Å². The molecule has 0 radical (unpaired) electrons. The van der Waals surface area contributed by atoms with Gasteiger partial charge in [0.2, 0.25) is 0 Å². The lowest BCUT2D eigenvalue weighted by Crippen LogP contribution is -2.36. The van der Waals surface area contributed by atoms with E-state index in [0.29, 0.717) is 5.92 Å². The molecule has 3 nitrogen and oxygen atoms in total. The van der Waals surface area contributed by atoms with Crippen LogP contribution in [0, 0.1) is 17.7 Å². The van der Waals surface area contributed by atoms with E-state index in [-0.39, 0.29) is 11.9 Å². The quantitative estimate of drug-likeness (QED) is 0.757. The summed E-state index contributed by atoms with van der Waals surface area (Å²) in [5.74, 6) is 1.08. The van der Waals surface area contributed by atoms with E-state index < -0.39 is 0 Å². The highest BCUT2D eigenvalue weighted by molar-refractivity contribution is 5.11. The molecule has 1 N–H and O–H groups in total. The minimum atomic E-state index is -0.275. The molecule has 0 aliphatic heterocycles. The fourth-order valence-corrected chi connectivity index (χ4v) is 3.05. The van der Waals surface area contributed by atoms with Gasteiger partial charge < -0.3 is 10.2 Å². The third-order valence-corrected chi connectivity index (χ3v) is 4.25. The lowest BCUT2D eigenvalue weighted by Gasteiger charge is -2.30. The van der Waals surface area contributed by atoms with Crippen molar-refractivity contribution in [3.63, 3.8) is 0 Å². The standard InChI is InChI=1S/C17H28FN3/c1-4-9-21(12-14-5-6-14)11-13(2)17(19-3)16-8-7-15(18)10-20-16/h7-8,10,13-14,17,19H,4-6,9,11-12H2,1-3H3. The van der Waals surface area contributed by atoms with Gasteiger partial charge in [-0.1, -0.05) is 13.8 Å². The van der Waals surface area contributed by atoms with Gasteiger partial charge in [-0.15, -0.1) is 0 Å². The first-order valence-corrected chi connectivity index (χ1v) is 8.15. The second-order valence-corrected chi connectivity index (χ2v) is 6.35. The van der Waals surface area contributed by atoms with Crippen LogP contribution in [-0.4, -0.2) is 36.6 Å². The summed E-state index contributed by atoms with van der Waals surface area (Å²) in [5, 5.41) is 3.34. The summed E-state index contributed by atoms with van der Waals surface area (Å²) in [6.07, 6.45) is 5.28. The molecule has 21 heavy (non-hydrogen) atoms. The van der Waals surface area contributed by atoms with Crippen molar-refractivity contribution in [2.45, 2.75) is 39.2 Å². The lowest BCUT2D eigenvalue weighted by molar-refractivity contribution is 0.205. The van der Waals surface area contributed by atoms with E-state index in [4.69, 9.17) is 0 Å². The number of hydrogen-bond donors (Lipinski definition) is 1. The van der Waals surface area contributed by atoms with Crippen LogP contribution < -0.4 is 5.32 Å². The third-order valence-electron chi connectivity index (χ3n) is 4.25. The van der Waals surface area contributed by atoms with Crippen molar-refractivity contribution in [1.82, 2.24) is 15.2 Å². The molecule has 4 heteroatoms. The Hall–Kier alpha value is -1.00. The van der Waals surface area contributed by atoms with Gasteiger partial charge in [0.15, 0.2) is 0 Å². The summed E-state index contributed by atoms with van der Waals surface area (Å²) in [6.45, 7) is 7.94. The Morgan fingerprint density at radius 1 is 1.43 bits per heavy atom. The molecular formula is C17H28FN3. The van der Waals surface area contributed by atoms with E-state index in [9.17, 15) is 4.39 Å². The maximum absolute atomic E-state index is 13.0. The van der Waals surface area contributed by atoms with Gasteiger partial charge in [0.25, 0.3) is 0 Å². The summed E-state index contributed by atoms with van der Waals surface area (Å²) in [5.41, 5.74) is 0.925. The average Bonchev–Trinajstić information content (AvgIpc) is 3.26. The highest BCUT2D eigenvalue weighted by atomic mass is 19.1. The Labute approximate surface area is 127 Å². The van der Waals surface area contributed by atoms with Gasteiger partial charge in [0.1, 0.15) is 5.82 Å². The Bertz CT molecular complexity index is 417. The molecule has 2 rings (SSSR count). The molecule has 2 unspecified atom stereocenters. The molecule has 2 atom stereocenters. The minimum absolute atomic E-state index is 0.171. The maximum atomic E-state index is 13.0. The van der Waals surface area contributed by atoms with Gasteiger partial charge in [-0.2, -0.15) is 0 Å². The van der Waals surface area contributed by atoms with Crippen molar-refractivity contribution in [2.75, 3.05) is 26.7 Å². The molecule has 0 amide bonds. The van der Waals surface area contributed by atoms with E-state index in [2.05, 4.69) is 29.0 Å². The van der Waals surface area contributed by atoms with Crippen molar-refractivity contribution in [1.29, 1.82) is 0 Å². The summed E-state index contributed by atoms with van der Waals surface area (Å²) in [6, 6.07) is 3.45. The number of halogens is 1. The normalized spacial score (nSPS) is 18.0. The van der Waals surface area contributed by atoms with E-state index >= 15 is 0 Å². The minimum Gasteiger partial charge on any atom is -0.311 e. The first-order chi connectivity index (χ1) is 10.1. The van der Waals surface area contributed by atoms with Gasteiger partial charge in [0.05, 0.1) is 17.9 Å². The zero-order valence-corrected chi connectivity index (χ0v) is 13.5. The predicted molar refractivity (Wildman–Crippen MR) is 84.6 cm³/mol. The number of nitrogens with zero attached hydrogens (tertiary/aromatic N) is 2. The predicted octanol–water partition coefficient (Wildman–Crippen LogP) is 3.24. The molecule has 0 bridgehead atoms. The highest BCUT2D eigenvalue weighted by Gasteiger charge is 2.26. The number of hydrogen-bond acceptors (Lipinski definition) is 3. The zero-order valence-electron chi connectivity index (χ0n) is 13.5. The number of nitrogens with one attached hydrogen (secondary N) is 1. The van der Waals surface area contributed by atoms with Gasteiger partial charge in [-0.25, -0.2) is 4.39 Å². The molecule has 1 aliphatic carbocycles. The molecule has 1 saturated carbocycles. The van der Waals surface area contributed by atoms with Crippen molar-refractivity contribution < 1.29 is 4.39 Å². The molecule has 1 aromatic heterocycles. The topological polar surface area (TPSA) is 28.2 Å². The maximum Gasteiger partial charge on any atom is 0.141 e. The molecule has 0 saturated heterocycles.